The number of hydrogen-bond donors (Lipinski definition) is 2. The first-order chi connectivity index (χ1) is 6.70. The fourth-order valence-electron chi connectivity index (χ4n) is 2.62. The van der Waals surface area contributed by atoms with Crippen LogP contribution in [0.15, 0.2) is 4.99 Å². The number of fused-ring (bicyclic) bond motifs is 2. The number of rotatable bonds is 1. The zero-order valence-electron chi connectivity index (χ0n) is 9.03. The van der Waals surface area contributed by atoms with Crippen molar-refractivity contribution in [3.05, 3.63) is 0 Å². The molecule has 1 saturated heterocycles. The molecule has 0 aromatic rings. The third-order valence-electron chi connectivity index (χ3n) is 3.19. The zero-order chi connectivity index (χ0) is 10.1. The van der Waals surface area contributed by atoms with E-state index in [0.717, 1.165) is 18.4 Å². The van der Waals surface area contributed by atoms with E-state index in [1.807, 2.05) is 0 Å². The molecule has 4 nitrogen and oxygen atoms in total. The first-order valence-electron chi connectivity index (χ1n) is 5.51. The van der Waals surface area contributed by atoms with Gasteiger partial charge < -0.3 is 4.90 Å². The van der Waals surface area contributed by atoms with Crippen molar-refractivity contribution in [2.45, 2.75) is 45.2 Å². The van der Waals surface area contributed by atoms with E-state index in [-0.39, 0.29) is 0 Å². The Hall–Kier alpha value is -0.770. The van der Waals surface area contributed by atoms with Gasteiger partial charge in [0.15, 0.2) is 0 Å². The molecule has 1 saturated carbocycles. The number of nitrogens with zero attached hydrogens (tertiary/aromatic N) is 2. The maximum atomic E-state index is 5.51. The van der Waals surface area contributed by atoms with Gasteiger partial charge in [-0.3, -0.25) is 5.43 Å². The molecule has 2 fully saturated rings. The largest absolute Gasteiger partial charge is 0.339 e. The Kier molecular flexibility index (Phi) is 2.63. The molecule has 14 heavy (non-hydrogen) atoms. The average molecular weight is 196 g/mol. The third-order valence-corrected chi connectivity index (χ3v) is 3.19. The first kappa shape index (κ1) is 9.77. The van der Waals surface area contributed by atoms with E-state index in [1.165, 1.54) is 19.3 Å². The molecule has 2 aliphatic rings. The summed E-state index contributed by atoms with van der Waals surface area (Å²) in [5.74, 6) is 7.27. The second-order valence-electron chi connectivity index (χ2n) is 4.68. The number of piperidine rings is 1. The molecule has 1 heterocycles. The number of nitrogens with one attached hydrogen (secondary N) is 1. The molecule has 1 aliphatic carbocycles. The van der Waals surface area contributed by atoms with E-state index in [1.54, 1.807) is 0 Å². The van der Waals surface area contributed by atoms with Gasteiger partial charge in [0.2, 0.25) is 5.96 Å². The van der Waals surface area contributed by atoms with Crippen LogP contribution >= 0.6 is 0 Å². The van der Waals surface area contributed by atoms with E-state index >= 15 is 0 Å². The van der Waals surface area contributed by atoms with E-state index in [4.69, 9.17) is 5.84 Å². The Labute approximate surface area is 85.5 Å². The van der Waals surface area contributed by atoms with Gasteiger partial charge >= 0.3 is 0 Å². The lowest BCUT2D eigenvalue weighted by Gasteiger charge is -2.29. The van der Waals surface area contributed by atoms with E-state index in [9.17, 15) is 0 Å². The predicted molar refractivity (Wildman–Crippen MR) is 57.7 cm³/mol. The minimum Gasteiger partial charge on any atom is -0.339 e. The van der Waals surface area contributed by atoms with Gasteiger partial charge in [0.05, 0.1) is 0 Å². The lowest BCUT2D eigenvalue weighted by Crippen LogP contribution is -2.48. The van der Waals surface area contributed by atoms with Crippen LogP contribution in [0, 0.1) is 5.92 Å². The van der Waals surface area contributed by atoms with Crippen molar-refractivity contribution in [2.75, 3.05) is 6.54 Å². The van der Waals surface area contributed by atoms with Crippen LogP contribution in [0.2, 0.25) is 0 Å². The topological polar surface area (TPSA) is 53.6 Å². The summed E-state index contributed by atoms with van der Waals surface area (Å²) in [4.78, 5) is 6.84. The second kappa shape index (κ2) is 3.77. The van der Waals surface area contributed by atoms with Gasteiger partial charge in [-0.25, -0.2) is 10.8 Å². The number of aliphatic imine (C=N–C) groups is 1. The lowest BCUT2D eigenvalue weighted by molar-refractivity contribution is 0.316. The van der Waals surface area contributed by atoms with E-state index < -0.39 is 0 Å². The van der Waals surface area contributed by atoms with Crippen LogP contribution in [-0.4, -0.2) is 29.5 Å². The summed E-state index contributed by atoms with van der Waals surface area (Å²) >= 11 is 0. The standard InChI is InChI=1S/C10H20N4/c1-7(2)12-10(13-11)14-6-8-3-4-9(14)5-8/h7-9H,3-6,11H2,1-2H3,(H,12,13). The Morgan fingerprint density at radius 2 is 2.29 bits per heavy atom. The smallest absolute Gasteiger partial charge is 0.208 e. The number of nitrogens with two attached hydrogens (primary N) is 1. The van der Waals surface area contributed by atoms with Gasteiger partial charge in [-0.15, -0.1) is 0 Å². The normalized spacial score (nSPS) is 31.7. The molecule has 0 spiro atoms. The molecule has 2 unspecified atom stereocenters. The highest BCUT2D eigenvalue weighted by Crippen LogP contribution is 2.37. The SMILES string of the molecule is CC(C)N=C(NN)N1CC2CCC1C2. The highest BCUT2D eigenvalue weighted by atomic mass is 15.4. The molecule has 1 aliphatic heterocycles. The molecule has 4 heteroatoms. The van der Waals surface area contributed by atoms with Gasteiger partial charge in [-0.1, -0.05) is 0 Å². The highest BCUT2D eigenvalue weighted by molar-refractivity contribution is 5.80. The van der Waals surface area contributed by atoms with Crippen LogP contribution < -0.4 is 11.3 Å². The van der Waals surface area contributed by atoms with E-state index in [0.29, 0.717) is 12.1 Å². The zero-order valence-corrected chi connectivity index (χ0v) is 9.03. The quantitative estimate of drug-likeness (QED) is 0.281. The van der Waals surface area contributed by atoms with Gasteiger partial charge in [-0.2, -0.15) is 0 Å². The van der Waals surface area contributed by atoms with Gasteiger partial charge in [0, 0.05) is 18.6 Å². The highest BCUT2D eigenvalue weighted by Gasteiger charge is 2.39. The molecule has 0 aromatic heterocycles. The molecule has 80 valence electrons. The fraction of sp³-hybridized carbons (Fsp3) is 0.900. The Balaban J connectivity index is 2.06. The molecule has 2 rings (SSSR count). The maximum Gasteiger partial charge on any atom is 0.208 e. The second-order valence-corrected chi connectivity index (χ2v) is 4.68. The molecule has 3 N–H and O–H groups in total. The molecular formula is C10H20N4. The monoisotopic (exact) mass is 196 g/mol. The van der Waals surface area contributed by atoms with E-state index in [2.05, 4.69) is 29.2 Å². The Bertz CT molecular complexity index is 236. The Morgan fingerprint density at radius 3 is 2.71 bits per heavy atom. The van der Waals surface area contributed by atoms with Crippen molar-refractivity contribution >= 4 is 5.96 Å². The van der Waals surface area contributed by atoms with Crippen molar-refractivity contribution in [1.82, 2.24) is 10.3 Å². The molecule has 2 atom stereocenters. The first-order valence-corrected chi connectivity index (χ1v) is 5.51. The summed E-state index contributed by atoms with van der Waals surface area (Å²) in [6.45, 7) is 5.29. The summed E-state index contributed by atoms with van der Waals surface area (Å²) in [5, 5.41) is 0. The fourth-order valence-corrected chi connectivity index (χ4v) is 2.62. The molecule has 0 amide bonds. The number of guanidine groups is 1. The number of hydrazine groups is 1. The number of likely N-dealkylation sites (tertiary alicyclic amines) is 1. The van der Waals surface area contributed by atoms with Gasteiger partial charge in [-0.05, 0) is 39.0 Å². The predicted octanol–water partition coefficient (Wildman–Crippen LogP) is 0.698. The summed E-state index contributed by atoms with van der Waals surface area (Å²) in [7, 11) is 0. The number of hydrogen-bond acceptors (Lipinski definition) is 2. The average Bonchev–Trinajstić information content (AvgIpc) is 2.74. The molecule has 2 bridgehead atoms. The van der Waals surface area contributed by atoms with Crippen molar-refractivity contribution in [3.8, 4) is 0 Å². The van der Waals surface area contributed by atoms with Crippen LogP contribution in [0.5, 0.6) is 0 Å². The molecule has 0 aromatic carbocycles. The minimum atomic E-state index is 0.306. The van der Waals surface area contributed by atoms with Gasteiger partial charge in [0.25, 0.3) is 0 Å². The maximum absolute atomic E-state index is 5.51. The molecule has 0 radical (unpaired) electrons. The van der Waals surface area contributed by atoms with Crippen molar-refractivity contribution < 1.29 is 0 Å². The summed E-state index contributed by atoms with van der Waals surface area (Å²) in [6, 6.07) is 0.994. The van der Waals surface area contributed by atoms with Crippen LogP contribution in [0.4, 0.5) is 0 Å². The van der Waals surface area contributed by atoms with Crippen LogP contribution in [-0.2, 0) is 0 Å². The van der Waals surface area contributed by atoms with Gasteiger partial charge in [0.1, 0.15) is 0 Å². The van der Waals surface area contributed by atoms with Crippen LogP contribution in [0.25, 0.3) is 0 Å². The van der Waals surface area contributed by atoms with Crippen molar-refractivity contribution in [2.24, 2.45) is 16.8 Å². The summed E-state index contributed by atoms with van der Waals surface area (Å²) in [6.07, 6.45) is 4.03. The van der Waals surface area contributed by atoms with Crippen molar-refractivity contribution in [1.29, 1.82) is 0 Å². The minimum absolute atomic E-state index is 0.306. The molecular weight excluding hydrogens is 176 g/mol. The van der Waals surface area contributed by atoms with Crippen molar-refractivity contribution in [3.63, 3.8) is 0 Å². The van der Waals surface area contributed by atoms with Crippen LogP contribution in [0.1, 0.15) is 33.1 Å². The van der Waals surface area contributed by atoms with Crippen LogP contribution in [0.3, 0.4) is 0 Å². The third kappa shape index (κ3) is 1.71. The lowest BCUT2D eigenvalue weighted by atomic mass is 10.1. The summed E-state index contributed by atoms with van der Waals surface area (Å²) < 4.78 is 0. The Morgan fingerprint density at radius 1 is 1.50 bits per heavy atom. The summed E-state index contributed by atoms with van der Waals surface area (Å²) in [5.41, 5.74) is 2.74.